The predicted molar refractivity (Wildman–Crippen MR) is 147 cm³/mol. The minimum atomic E-state index is -4.27. The first kappa shape index (κ1) is 28.4. The van der Waals surface area contributed by atoms with Crippen molar-refractivity contribution in [3.05, 3.63) is 60.4 Å². The van der Waals surface area contributed by atoms with Crippen molar-refractivity contribution in [3.63, 3.8) is 0 Å². The number of hydrogen-bond donors (Lipinski definition) is 0. The molecule has 0 N–H and O–H groups in total. The highest BCUT2D eigenvalue weighted by atomic mass is 19.4. The summed E-state index contributed by atoms with van der Waals surface area (Å²) < 4.78 is 52.3. The maximum absolute atomic E-state index is 13.7. The summed E-state index contributed by atoms with van der Waals surface area (Å²) in [6.07, 6.45) is -1.01. The van der Waals surface area contributed by atoms with Crippen LogP contribution in [0.1, 0.15) is 56.8 Å². The number of benzene rings is 1. The second kappa shape index (κ2) is 11.4. The summed E-state index contributed by atoms with van der Waals surface area (Å²) >= 11 is 0. The molecular weight excluding hydrogens is 537 g/mol. The number of anilines is 1. The number of hydrogen-bond acceptors (Lipinski definition) is 6. The number of carbonyl (C=O) groups excluding carboxylic acids is 2. The molecule has 41 heavy (non-hydrogen) atoms. The molecule has 3 heterocycles. The zero-order chi connectivity index (χ0) is 29.3. The van der Waals surface area contributed by atoms with Gasteiger partial charge in [0.05, 0.1) is 18.2 Å². The molecule has 11 heteroatoms. The van der Waals surface area contributed by atoms with Gasteiger partial charge in [0.2, 0.25) is 5.91 Å². The van der Waals surface area contributed by atoms with Crippen molar-refractivity contribution in [1.82, 2.24) is 14.8 Å². The summed E-state index contributed by atoms with van der Waals surface area (Å²) in [6, 6.07) is 12.4. The molecule has 1 aliphatic rings. The smallest absolute Gasteiger partial charge is 0.391 e. The average molecular weight is 569 g/mol. The number of furan rings is 1. The van der Waals surface area contributed by atoms with Crippen molar-refractivity contribution in [2.24, 2.45) is 11.8 Å². The van der Waals surface area contributed by atoms with Crippen molar-refractivity contribution < 1.29 is 31.9 Å². The van der Waals surface area contributed by atoms with Crippen molar-refractivity contribution >= 4 is 28.8 Å². The van der Waals surface area contributed by atoms with Crippen molar-refractivity contribution in [2.45, 2.75) is 58.7 Å². The number of fused-ring (bicyclic) bond motifs is 1. The van der Waals surface area contributed by atoms with E-state index in [-0.39, 0.29) is 49.6 Å². The van der Waals surface area contributed by atoms with Crippen LogP contribution in [0.4, 0.5) is 19.0 Å². The highest BCUT2D eigenvalue weighted by Gasteiger charge is 2.44. The van der Waals surface area contributed by atoms with E-state index in [4.69, 9.17) is 9.15 Å². The van der Waals surface area contributed by atoms with Crippen LogP contribution in [0, 0.1) is 11.8 Å². The minimum Gasteiger partial charge on any atom is -0.462 e. The largest absolute Gasteiger partial charge is 0.462 e. The minimum absolute atomic E-state index is 0.0986. The number of pyridine rings is 1. The monoisotopic (exact) mass is 568 g/mol. The van der Waals surface area contributed by atoms with Gasteiger partial charge in [-0.1, -0.05) is 0 Å². The Bertz CT molecular complexity index is 1500. The van der Waals surface area contributed by atoms with Crippen LogP contribution >= 0.6 is 0 Å². The third-order valence-corrected chi connectivity index (χ3v) is 7.42. The highest BCUT2D eigenvalue weighted by Crippen LogP contribution is 2.41. The predicted octanol–water partition coefficient (Wildman–Crippen LogP) is 6.97. The van der Waals surface area contributed by atoms with Crippen LogP contribution in [0.5, 0.6) is 0 Å². The number of ether oxygens (including phenoxy) is 1. The third kappa shape index (κ3) is 5.84. The van der Waals surface area contributed by atoms with E-state index in [2.05, 4.69) is 10.1 Å². The van der Waals surface area contributed by atoms with Gasteiger partial charge in [-0.25, -0.2) is 9.48 Å². The van der Waals surface area contributed by atoms with Crippen LogP contribution in [0.2, 0.25) is 0 Å². The summed E-state index contributed by atoms with van der Waals surface area (Å²) in [5, 5.41) is 4.62. The van der Waals surface area contributed by atoms with E-state index >= 15 is 0 Å². The lowest BCUT2D eigenvalue weighted by atomic mass is 9.81. The number of aromatic nitrogens is 3. The second-order valence-electron chi connectivity index (χ2n) is 10.5. The van der Waals surface area contributed by atoms with Gasteiger partial charge < -0.3 is 9.15 Å². The number of halogens is 3. The number of carbonyl (C=O) groups is 2. The standard InChI is InChI=1S/C30H31F3N4O4/c1-4-40-29(39)23-17-36(22-13-9-19(10-14-22)26-16-24-25(41-26)6-5-15-34-24)35-27(23)37(18(2)3)28(38)20-7-11-21(12-8-20)30(31,32)33/h5-6,9-10,13-18,20-21H,4,7-8,11-12H2,1-3H3/t20-,21-. The van der Waals surface area contributed by atoms with E-state index in [1.807, 2.05) is 36.4 Å². The fourth-order valence-electron chi connectivity index (χ4n) is 5.29. The van der Waals surface area contributed by atoms with E-state index in [9.17, 15) is 22.8 Å². The number of rotatable bonds is 7. The quantitative estimate of drug-likeness (QED) is 0.224. The van der Waals surface area contributed by atoms with Gasteiger partial charge in [0.1, 0.15) is 16.8 Å². The van der Waals surface area contributed by atoms with Crippen LogP contribution in [0.25, 0.3) is 28.1 Å². The van der Waals surface area contributed by atoms with Gasteiger partial charge in [-0.15, -0.1) is 5.10 Å². The zero-order valence-electron chi connectivity index (χ0n) is 23.0. The van der Waals surface area contributed by atoms with Crippen LogP contribution in [0.3, 0.4) is 0 Å². The maximum Gasteiger partial charge on any atom is 0.391 e. The first-order chi connectivity index (χ1) is 19.6. The Balaban J connectivity index is 1.45. The van der Waals surface area contributed by atoms with E-state index < -0.39 is 30.0 Å². The van der Waals surface area contributed by atoms with Gasteiger partial charge in [-0.2, -0.15) is 13.2 Å². The lowest BCUT2D eigenvalue weighted by molar-refractivity contribution is -0.184. The number of amides is 1. The molecule has 0 spiro atoms. The van der Waals surface area contributed by atoms with E-state index in [0.29, 0.717) is 17.0 Å². The molecule has 0 saturated heterocycles. The van der Waals surface area contributed by atoms with E-state index in [0.717, 1.165) is 11.1 Å². The Morgan fingerprint density at radius 2 is 1.83 bits per heavy atom. The normalized spacial score (nSPS) is 17.6. The summed E-state index contributed by atoms with van der Waals surface area (Å²) in [4.78, 5) is 32.3. The van der Waals surface area contributed by atoms with Gasteiger partial charge in [0.15, 0.2) is 11.4 Å². The van der Waals surface area contributed by atoms with Crippen molar-refractivity contribution in [3.8, 4) is 17.0 Å². The molecule has 5 rings (SSSR count). The van der Waals surface area contributed by atoms with Gasteiger partial charge in [-0.05, 0) is 82.9 Å². The molecule has 0 bridgehead atoms. The van der Waals surface area contributed by atoms with E-state index in [1.54, 1.807) is 33.0 Å². The molecule has 0 unspecified atom stereocenters. The van der Waals surface area contributed by atoms with Gasteiger partial charge >= 0.3 is 12.1 Å². The molecule has 0 atom stereocenters. The molecule has 1 fully saturated rings. The molecule has 3 aromatic heterocycles. The van der Waals surface area contributed by atoms with Gasteiger partial charge in [0, 0.05) is 36.0 Å². The second-order valence-corrected chi connectivity index (χ2v) is 10.5. The maximum atomic E-state index is 13.7. The molecule has 0 aliphatic heterocycles. The summed E-state index contributed by atoms with van der Waals surface area (Å²) in [5.74, 6) is -2.20. The number of alkyl halides is 3. The summed E-state index contributed by atoms with van der Waals surface area (Å²) in [6.45, 7) is 5.37. The fourth-order valence-corrected chi connectivity index (χ4v) is 5.29. The molecule has 4 aromatic rings. The average Bonchev–Trinajstić information content (AvgIpc) is 3.58. The molecule has 1 aliphatic carbocycles. The van der Waals surface area contributed by atoms with Gasteiger partial charge in [-0.3, -0.25) is 14.7 Å². The number of nitrogens with zero attached hydrogens (tertiary/aromatic N) is 4. The van der Waals surface area contributed by atoms with Crippen LogP contribution in [-0.4, -0.2) is 45.5 Å². The Labute approximate surface area is 235 Å². The topological polar surface area (TPSA) is 90.5 Å². The lowest BCUT2D eigenvalue weighted by Gasteiger charge is -2.34. The van der Waals surface area contributed by atoms with Crippen LogP contribution in [-0.2, 0) is 9.53 Å². The fraction of sp³-hybridized carbons (Fsp3) is 0.400. The molecule has 8 nitrogen and oxygen atoms in total. The molecule has 216 valence electrons. The Hall–Kier alpha value is -4.15. The molecule has 1 amide bonds. The first-order valence-corrected chi connectivity index (χ1v) is 13.7. The molecule has 0 radical (unpaired) electrons. The Morgan fingerprint density at radius 3 is 2.44 bits per heavy atom. The Morgan fingerprint density at radius 1 is 1.12 bits per heavy atom. The third-order valence-electron chi connectivity index (χ3n) is 7.42. The first-order valence-electron chi connectivity index (χ1n) is 13.7. The van der Waals surface area contributed by atoms with Gasteiger partial charge in [0.25, 0.3) is 0 Å². The Kier molecular flexibility index (Phi) is 7.88. The molecule has 1 saturated carbocycles. The zero-order valence-corrected chi connectivity index (χ0v) is 23.0. The summed E-state index contributed by atoms with van der Waals surface area (Å²) in [5.41, 5.74) is 2.96. The van der Waals surface area contributed by atoms with Crippen molar-refractivity contribution in [1.29, 1.82) is 0 Å². The van der Waals surface area contributed by atoms with Crippen LogP contribution in [0.15, 0.2) is 59.3 Å². The summed E-state index contributed by atoms with van der Waals surface area (Å²) in [7, 11) is 0. The van der Waals surface area contributed by atoms with Crippen molar-refractivity contribution in [2.75, 3.05) is 11.5 Å². The SMILES string of the molecule is CCOC(=O)c1cn(-c2ccc(-c3cc4ncccc4o3)cc2)nc1N(C(=O)[C@H]1CC[C@H](C(F)(F)F)CC1)C(C)C. The highest BCUT2D eigenvalue weighted by molar-refractivity contribution is 6.02. The molecule has 1 aromatic carbocycles. The van der Waals surface area contributed by atoms with Crippen LogP contribution < -0.4 is 4.90 Å². The lowest BCUT2D eigenvalue weighted by Crippen LogP contribution is -2.44. The molecular formula is C30H31F3N4O4. The van der Waals surface area contributed by atoms with E-state index in [1.165, 1.54) is 15.8 Å². The number of esters is 1.